The number of nitrogens with one attached hydrogen (secondary N) is 1. The van der Waals surface area contributed by atoms with E-state index in [9.17, 15) is 0 Å². The molecular formula is C7H10N2O. The van der Waals surface area contributed by atoms with Gasteiger partial charge < -0.3 is 9.72 Å². The average molecular weight is 138 g/mol. The lowest BCUT2D eigenvalue weighted by molar-refractivity contribution is 0.370. The van der Waals surface area contributed by atoms with E-state index in [-0.39, 0.29) is 0 Å². The lowest BCUT2D eigenvalue weighted by Gasteiger charge is -1.96. The number of aryl methyl sites for hydroxylation is 1. The summed E-state index contributed by atoms with van der Waals surface area (Å²) >= 11 is 0. The number of hydrogen-bond donors (Lipinski definition) is 1. The number of hydrogen-bond acceptors (Lipinski definition) is 2. The number of ether oxygens (including phenoxy) is 1. The fraction of sp³-hybridized carbons (Fsp3) is 0.286. The number of rotatable bonds is 2. The topological polar surface area (TPSA) is 37.9 Å². The zero-order valence-electron chi connectivity index (χ0n) is 6.14. The molecule has 1 aromatic heterocycles. The Bertz CT molecular complexity index is 240. The van der Waals surface area contributed by atoms with E-state index in [1.165, 1.54) is 0 Å². The Morgan fingerprint density at radius 2 is 2.50 bits per heavy atom. The van der Waals surface area contributed by atoms with E-state index in [0.29, 0.717) is 5.76 Å². The third-order valence-corrected chi connectivity index (χ3v) is 1.24. The number of aromatic amines is 1. The molecule has 0 aliphatic rings. The zero-order chi connectivity index (χ0) is 7.56. The molecule has 1 N–H and O–H groups in total. The van der Waals surface area contributed by atoms with Gasteiger partial charge in [0.1, 0.15) is 17.3 Å². The fourth-order valence-electron chi connectivity index (χ4n) is 0.665. The minimum Gasteiger partial charge on any atom is -0.495 e. The van der Waals surface area contributed by atoms with Crippen molar-refractivity contribution in [1.82, 2.24) is 9.97 Å². The van der Waals surface area contributed by atoms with Crippen molar-refractivity contribution in [3.05, 3.63) is 24.3 Å². The average Bonchev–Trinajstić information content (AvgIpc) is 2.34. The molecule has 10 heavy (non-hydrogen) atoms. The molecule has 0 unspecified atom stereocenters. The highest BCUT2D eigenvalue weighted by atomic mass is 16.5. The van der Waals surface area contributed by atoms with Crippen LogP contribution in [-0.2, 0) is 4.74 Å². The fourth-order valence-corrected chi connectivity index (χ4v) is 0.665. The van der Waals surface area contributed by atoms with E-state index in [4.69, 9.17) is 4.74 Å². The molecule has 0 saturated carbocycles. The van der Waals surface area contributed by atoms with Crippen molar-refractivity contribution in [2.24, 2.45) is 0 Å². The van der Waals surface area contributed by atoms with Gasteiger partial charge in [-0.1, -0.05) is 6.58 Å². The van der Waals surface area contributed by atoms with Crippen LogP contribution in [0.5, 0.6) is 0 Å². The predicted molar refractivity (Wildman–Crippen MR) is 39.4 cm³/mol. The lowest BCUT2D eigenvalue weighted by Crippen LogP contribution is -1.84. The second-order valence-electron chi connectivity index (χ2n) is 2.00. The van der Waals surface area contributed by atoms with Gasteiger partial charge in [0.05, 0.1) is 7.11 Å². The molecule has 3 nitrogen and oxygen atoms in total. The number of aromatic nitrogens is 2. The summed E-state index contributed by atoms with van der Waals surface area (Å²) in [5, 5.41) is 0. The SMILES string of the molecule is C=C(OC)c1c[nH]c(C)n1. The molecule has 0 bridgehead atoms. The third-order valence-electron chi connectivity index (χ3n) is 1.24. The van der Waals surface area contributed by atoms with Crippen LogP contribution >= 0.6 is 0 Å². The molecule has 54 valence electrons. The molecule has 0 aliphatic heterocycles. The Hall–Kier alpha value is -1.25. The van der Waals surface area contributed by atoms with Crippen LogP contribution < -0.4 is 0 Å². The van der Waals surface area contributed by atoms with E-state index in [1.54, 1.807) is 13.3 Å². The molecule has 0 radical (unpaired) electrons. The van der Waals surface area contributed by atoms with Crippen molar-refractivity contribution < 1.29 is 4.74 Å². The standard InChI is InChI=1S/C7H10N2O/c1-5(10-3)7-4-8-6(2)9-7/h4H,1H2,2-3H3,(H,8,9). The van der Waals surface area contributed by atoms with Gasteiger partial charge in [-0.2, -0.15) is 0 Å². The molecule has 1 rings (SSSR count). The normalized spacial score (nSPS) is 9.40. The quantitative estimate of drug-likeness (QED) is 0.626. The van der Waals surface area contributed by atoms with Crippen LogP contribution in [0.25, 0.3) is 5.76 Å². The van der Waals surface area contributed by atoms with E-state index in [0.717, 1.165) is 11.5 Å². The van der Waals surface area contributed by atoms with Gasteiger partial charge in [-0.3, -0.25) is 0 Å². The summed E-state index contributed by atoms with van der Waals surface area (Å²) in [4.78, 5) is 7.03. The van der Waals surface area contributed by atoms with Crippen molar-refractivity contribution >= 4 is 5.76 Å². The molecule has 0 aromatic carbocycles. The maximum atomic E-state index is 4.87. The Balaban J connectivity index is 2.85. The Morgan fingerprint density at radius 3 is 2.90 bits per heavy atom. The molecule has 3 heteroatoms. The Morgan fingerprint density at radius 1 is 1.80 bits per heavy atom. The van der Waals surface area contributed by atoms with Crippen LogP contribution in [0.2, 0.25) is 0 Å². The molecule has 0 atom stereocenters. The largest absolute Gasteiger partial charge is 0.495 e. The van der Waals surface area contributed by atoms with Gasteiger partial charge in [0.15, 0.2) is 0 Å². The van der Waals surface area contributed by atoms with Gasteiger partial charge in [-0.25, -0.2) is 4.98 Å². The van der Waals surface area contributed by atoms with Crippen molar-refractivity contribution in [3.8, 4) is 0 Å². The second kappa shape index (κ2) is 2.56. The van der Waals surface area contributed by atoms with Crippen LogP contribution in [-0.4, -0.2) is 17.1 Å². The van der Waals surface area contributed by atoms with E-state index < -0.39 is 0 Å². The first-order valence-electron chi connectivity index (χ1n) is 2.99. The van der Waals surface area contributed by atoms with E-state index in [2.05, 4.69) is 16.5 Å². The van der Waals surface area contributed by atoms with Gasteiger partial charge in [-0.05, 0) is 6.92 Å². The summed E-state index contributed by atoms with van der Waals surface area (Å²) in [6, 6.07) is 0. The summed E-state index contributed by atoms with van der Waals surface area (Å²) < 4.78 is 4.87. The highest BCUT2D eigenvalue weighted by Gasteiger charge is 1.99. The summed E-state index contributed by atoms with van der Waals surface area (Å²) in [5.41, 5.74) is 0.764. The maximum Gasteiger partial charge on any atom is 0.138 e. The van der Waals surface area contributed by atoms with Crippen molar-refractivity contribution in [3.63, 3.8) is 0 Å². The predicted octanol–water partition coefficient (Wildman–Crippen LogP) is 1.34. The Labute approximate surface area is 59.7 Å². The summed E-state index contributed by atoms with van der Waals surface area (Å²) in [5.74, 6) is 1.46. The molecule has 0 saturated heterocycles. The number of methoxy groups -OCH3 is 1. The Kier molecular flexibility index (Phi) is 1.76. The minimum atomic E-state index is 0.587. The number of H-pyrrole nitrogens is 1. The van der Waals surface area contributed by atoms with E-state index in [1.807, 2.05) is 6.92 Å². The molecule has 0 aliphatic carbocycles. The summed E-state index contributed by atoms with van der Waals surface area (Å²) in [6.45, 7) is 5.53. The minimum absolute atomic E-state index is 0.587. The first-order valence-corrected chi connectivity index (χ1v) is 2.99. The van der Waals surface area contributed by atoms with Gasteiger partial charge in [-0.15, -0.1) is 0 Å². The molecule has 0 fully saturated rings. The molecule has 0 spiro atoms. The number of imidazole rings is 1. The highest BCUT2D eigenvalue weighted by molar-refractivity contribution is 5.52. The van der Waals surface area contributed by atoms with Crippen LogP contribution in [0, 0.1) is 6.92 Å². The van der Waals surface area contributed by atoms with Crippen molar-refractivity contribution in [2.45, 2.75) is 6.92 Å². The van der Waals surface area contributed by atoms with Crippen molar-refractivity contribution in [2.75, 3.05) is 7.11 Å². The third kappa shape index (κ3) is 1.18. The highest BCUT2D eigenvalue weighted by Crippen LogP contribution is 2.08. The van der Waals surface area contributed by atoms with Gasteiger partial charge in [0, 0.05) is 6.20 Å². The second-order valence-corrected chi connectivity index (χ2v) is 2.00. The lowest BCUT2D eigenvalue weighted by atomic mass is 10.4. The van der Waals surface area contributed by atoms with Gasteiger partial charge in [0.2, 0.25) is 0 Å². The smallest absolute Gasteiger partial charge is 0.138 e. The molecule has 1 aromatic rings. The molecule has 0 amide bonds. The van der Waals surface area contributed by atoms with Gasteiger partial charge >= 0.3 is 0 Å². The first kappa shape index (κ1) is 6.86. The maximum absolute atomic E-state index is 4.87. The first-order chi connectivity index (χ1) is 4.74. The van der Waals surface area contributed by atoms with Crippen LogP contribution in [0.4, 0.5) is 0 Å². The van der Waals surface area contributed by atoms with Crippen LogP contribution in [0.15, 0.2) is 12.8 Å². The van der Waals surface area contributed by atoms with Crippen LogP contribution in [0.1, 0.15) is 11.5 Å². The summed E-state index contributed by atoms with van der Waals surface area (Å²) in [6.07, 6.45) is 1.77. The monoisotopic (exact) mass is 138 g/mol. The van der Waals surface area contributed by atoms with E-state index >= 15 is 0 Å². The number of nitrogens with zero attached hydrogens (tertiary/aromatic N) is 1. The zero-order valence-corrected chi connectivity index (χ0v) is 6.14. The molecule has 1 heterocycles. The van der Waals surface area contributed by atoms with Crippen molar-refractivity contribution in [1.29, 1.82) is 0 Å². The van der Waals surface area contributed by atoms with Gasteiger partial charge in [0.25, 0.3) is 0 Å². The summed E-state index contributed by atoms with van der Waals surface area (Å²) in [7, 11) is 1.58. The van der Waals surface area contributed by atoms with Crippen LogP contribution in [0.3, 0.4) is 0 Å². The molecular weight excluding hydrogens is 128 g/mol.